The van der Waals surface area contributed by atoms with Crippen molar-refractivity contribution in [2.45, 2.75) is 17.9 Å². The fourth-order valence-electron chi connectivity index (χ4n) is 1.68. The fraction of sp³-hybridized carbons (Fsp3) is 0.200. The zero-order valence-electron chi connectivity index (χ0n) is 10.1. The van der Waals surface area contributed by atoms with Crippen LogP contribution in [0.15, 0.2) is 53.4 Å². The summed E-state index contributed by atoms with van der Waals surface area (Å²) in [4.78, 5) is 0.961. The first-order valence-corrected chi connectivity index (χ1v) is 6.77. The Balaban J connectivity index is 1.96. The molecule has 2 aromatic carbocycles. The molecule has 1 N–H and O–H groups in total. The lowest BCUT2D eigenvalue weighted by molar-refractivity contribution is 0.204. The number of aliphatic hydroxyl groups is 1. The van der Waals surface area contributed by atoms with E-state index < -0.39 is 6.10 Å². The number of rotatable bonds is 4. The highest BCUT2D eigenvalue weighted by molar-refractivity contribution is 7.99. The van der Waals surface area contributed by atoms with E-state index in [9.17, 15) is 9.50 Å². The Hall–Kier alpha value is -1.32. The predicted octanol–water partition coefficient (Wildman–Crippen LogP) is 3.96. The van der Waals surface area contributed by atoms with Crippen molar-refractivity contribution in [1.82, 2.24) is 0 Å². The predicted molar refractivity (Wildman–Crippen MR) is 73.3 cm³/mol. The van der Waals surface area contributed by atoms with Gasteiger partial charge in [0.15, 0.2) is 0 Å². The van der Waals surface area contributed by atoms with Crippen molar-refractivity contribution in [1.29, 1.82) is 0 Å². The summed E-state index contributed by atoms with van der Waals surface area (Å²) < 4.78 is 12.7. The fourth-order valence-corrected chi connectivity index (χ4v) is 2.55. The third-order valence-electron chi connectivity index (χ3n) is 2.65. The zero-order chi connectivity index (χ0) is 13.0. The van der Waals surface area contributed by atoms with E-state index >= 15 is 0 Å². The molecule has 0 saturated carbocycles. The maximum absolute atomic E-state index is 12.7. The van der Waals surface area contributed by atoms with Crippen LogP contribution < -0.4 is 0 Å². The molecule has 0 radical (unpaired) electrons. The molecule has 0 aromatic heterocycles. The molecule has 2 rings (SSSR count). The Morgan fingerprint density at radius 3 is 2.56 bits per heavy atom. The molecular formula is C15H15FOS. The molecule has 18 heavy (non-hydrogen) atoms. The molecule has 0 aliphatic heterocycles. The molecule has 3 heteroatoms. The van der Waals surface area contributed by atoms with Crippen LogP contribution in [0.5, 0.6) is 0 Å². The van der Waals surface area contributed by atoms with Gasteiger partial charge in [-0.25, -0.2) is 4.39 Å². The molecule has 0 spiro atoms. The third kappa shape index (κ3) is 3.59. The molecule has 0 amide bonds. The molecule has 1 nitrogen and oxygen atoms in total. The minimum Gasteiger partial charge on any atom is -0.388 e. The number of halogens is 1. The van der Waals surface area contributed by atoms with Crippen molar-refractivity contribution in [3.63, 3.8) is 0 Å². The van der Waals surface area contributed by atoms with Crippen molar-refractivity contribution in [3.8, 4) is 0 Å². The van der Waals surface area contributed by atoms with Gasteiger partial charge in [-0.3, -0.25) is 0 Å². The summed E-state index contributed by atoms with van der Waals surface area (Å²) in [5.41, 5.74) is 2.06. The molecule has 0 saturated heterocycles. The van der Waals surface area contributed by atoms with E-state index in [1.54, 1.807) is 12.1 Å². The van der Waals surface area contributed by atoms with Crippen LogP contribution in [-0.4, -0.2) is 10.9 Å². The molecule has 0 aliphatic carbocycles. The summed E-state index contributed by atoms with van der Waals surface area (Å²) >= 11 is 1.52. The first-order valence-electron chi connectivity index (χ1n) is 5.78. The molecule has 0 fully saturated rings. The number of hydrogen-bond donors (Lipinski definition) is 1. The van der Waals surface area contributed by atoms with Gasteiger partial charge in [-0.05, 0) is 36.8 Å². The van der Waals surface area contributed by atoms with Crippen molar-refractivity contribution < 1.29 is 9.50 Å². The van der Waals surface area contributed by atoms with E-state index in [4.69, 9.17) is 0 Å². The number of thioether (sulfide) groups is 1. The third-order valence-corrected chi connectivity index (χ3v) is 3.74. The number of aliphatic hydroxyl groups excluding tert-OH is 1. The van der Waals surface area contributed by atoms with Gasteiger partial charge in [-0.1, -0.05) is 29.8 Å². The maximum atomic E-state index is 12.7. The van der Waals surface area contributed by atoms with Gasteiger partial charge in [-0.15, -0.1) is 11.8 Å². The van der Waals surface area contributed by atoms with Crippen molar-refractivity contribution in [3.05, 3.63) is 65.5 Å². The van der Waals surface area contributed by atoms with Gasteiger partial charge in [0.1, 0.15) is 5.82 Å². The average molecular weight is 262 g/mol. The summed E-state index contributed by atoms with van der Waals surface area (Å²) in [5, 5.41) is 10.1. The Morgan fingerprint density at radius 2 is 1.89 bits per heavy atom. The van der Waals surface area contributed by atoms with Gasteiger partial charge < -0.3 is 5.11 Å². The quantitative estimate of drug-likeness (QED) is 0.842. The van der Waals surface area contributed by atoms with E-state index in [1.165, 1.54) is 23.9 Å². The van der Waals surface area contributed by atoms with E-state index in [1.807, 2.05) is 31.2 Å². The highest BCUT2D eigenvalue weighted by Crippen LogP contribution is 2.25. The normalized spacial score (nSPS) is 12.4. The summed E-state index contributed by atoms with van der Waals surface area (Å²) in [6, 6.07) is 14.2. The van der Waals surface area contributed by atoms with Crippen LogP contribution in [0.4, 0.5) is 4.39 Å². The SMILES string of the molecule is Cc1cccc(C(O)CSc2ccc(F)cc2)c1. The minimum atomic E-state index is -0.500. The monoisotopic (exact) mass is 262 g/mol. The first-order chi connectivity index (χ1) is 8.65. The molecule has 1 unspecified atom stereocenters. The molecule has 0 heterocycles. The molecule has 1 atom stereocenters. The van der Waals surface area contributed by atoms with Crippen molar-refractivity contribution >= 4 is 11.8 Å². The molecule has 94 valence electrons. The second-order valence-corrected chi connectivity index (χ2v) is 5.29. The maximum Gasteiger partial charge on any atom is 0.123 e. The van der Waals surface area contributed by atoms with E-state index in [0.29, 0.717) is 5.75 Å². The largest absolute Gasteiger partial charge is 0.388 e. The lowest BCUT2D eigenvalue weighted by Gasteiger charge is -2.11. The van der Waals surface area contributed by atoms with Crippen LogP contribution in [0.1, 0.15) is 17.2 Å². The topological polar surface area (TPSA) is 20.2 Å². The van der Waals surface area contributed by atoms with Gasteiger partial charge in [0.2, 0.25) is 0 Å². The first kappa shape index (κ1) is 13.1. The summed E-state index contributed by atoms with van der Waals surface area (Å²) in [5.74, 6) is 0.327. The zero-order valence-corrected chi connectivity index (χ0v) is 11.0. The van der Waals surface area contributed by atoms with Crippen LogP contribution in [-0.2, 0) is 0 Å². The lowest BCUT2D eigenvalue weighted by Crippen LogP contribution is -2.00. The minimum absolute atomic E-state index is 0.237. The second kappa shape index (κ2) is 6.03. The van der Waals surface area contributed by atoms with Crippen LogP contribution >= 0.6 is 11.8 Å². The summed E-state index contributed by atoms with van der Waals surface area (Å²) in [6.07, 6.45) is -0.500. The number of aryl methyl sites for hydroxylation is 1. The summed E-state index contributed by atoms with van der Waals surface area (Å²) in [6.45, 7) is 2.00. The van der Waals surface area contributed by atoms with Crippen molar-refractivity contribution in [2.24, 2.45) is 0 Å². The van der Waals surface area contributed by atoms with E-state index in [-0.39, 0.29) is 5.82 Å². The van der Waals surface area contributed by atoms with Crippen LogP contribution in [0.25, 0.3) is 0 Å². The second-order valence-electron chi connectivity index (χ2n) is 4.19. The number of hydrogen-bond acceptors (Lipinski definition) is 2. The van der Waals surface area contributed by atoms with E-state index in [0.717, 1.165) is 16.0 Å². The van der Waals surface area contributed by atoms with Crippen LogP contribution in [0.2, 0.25) is 0 Å². The van der Waals surface area contributed by atoms with Gasteiger partial charge in [-0.2, -0.15) is 0 Å². The Kier molecular flexibility index (Phi) is 4.39. The highest BCUT2D eigenvalue weighted by atomic mass is 32.2. The van der Waals surface area contributed by atoms with Gasteiger partial charge in [0.05, 0.1) is 6.10 Å². The molecule has 0 aliphatic rings. The van der Waals surface area contributed by atoms with E-state index in [2.05, 4.69) is 0 Å². The number of benzene rings is 2. The average Bonchev–Trinajstić information content (AvgIpc) is 2.38. The Labute approximate surface area is 111 Å². The van der Waals surface area contributed by atoms with Gasteiger partial charge in [0, 0.05) is 10.6 Å². The summed E-state index contributed by atoms with van der Waals surface area (Å²) in [7, 11) is 0. The highest BCUT2D eigenvalue weighted by Gasteiger charge is 2.08. The smallest absolute Gasteiger partial charge is 0.123 e. The Bertz CT molecular complexity index is 510. The lowest BCUT2D eigenvalue weighted by atomic mass is 10.1. The van der Waals surface area contributed by atoms with Crippen LogP contribution in [0, 0.1) is 12.7 Å². The van der Waals surface area contributed by atoms with Gasteiger partial charge >= 0.3 is 0 Å². The Morgan fingerprint density at radius 1 is 1.17 bits per heavy atom. The van der Waals surface area contributed by atoms with Gasteiger partial charge in [0.25, 0.3) is 0 Å². The van der Waals surface area contributed by atoms with Crippen molar-refractivity contribution in [2.75, 3.05) is 5.75 Å². The molecule has 2 aromatic rings. The molecular weight excluding hydrogens is 247 g/mol. The van der Waals surface area contributed by atoms with Crippen LogP contribution in [0.3, 0.4) is 0 Å². The molecule has 0 bridgehead atoms. The standard InChI is InChI=1S/C15H15FOS/c1-11-3-2-4-12(9-11)15(17)10-18-14-7-5-13(16)6-8-14/h2-9,15,17H,10H2,1H3.